The molecule has 0 N–H and O–H groups in total. The van der Waals surface area contributed by atoms with Crippen LogP contribution in [0.4, 0.5) is 0 Å². The van der Waals surface area contributed by atoms with Crippen LogP contribution in [-0.2, 0) is 9.53 Å². The highest BCUT2D eigenvalue weighted by molar-refractivity contribution is 5.87. The van der Waals surface area contributed by atoms with Crippen molar-refractivity contribution in [2.45, 2.75) is 33.0 Å². The van der Waals surface area contributed by atoms with E-state index in [2.05, 4.69) is 0 Å². The Labute approximate surface area is 79.4 Å². The monoisotopic (exact) mass is 183 g/mol. The second kappa shape index (κ2) is 4.42. The summed E-state index contributed by atoms with van der Waals surface area (Å²) in [4.78, 5) is 13.3. The molecule has 0 aromatic rings. The first-order chi connectivity index (χ1) is 6.13. The van der Waals surface area contributed by atoms with Crippen LogP contribution in [0, 0.1) is 0 Å². The normalized spacial score (nSPS) is 29.6. The van der Waals surface area contributed by atoms with E-state index in [1.165, 1.54) is 0 Å². The van der Waals surface area contributed by atoms with E-state index >= 15 is 0 Å². The summed E-state index contributed by atoms with van der Waals surface area (Å²) >= 11 is 0. The van der Waals surface area contributed by atoms with Gasteiger partial charge in [0, 0.05) is 13.1 Å². The van der Waals surface area contributed by atoms with E-state index in [4.69, 9.17) is 4.74 Å². The predicted molar refractivity (Wildman–Crippen MR) is 51.4 cm³/mol. The molecule has 3 nitrogen and oxygen atoms in total. The van der Waals surface area contributed by atoms with Crippen molar-refractivity contribution in [3.63, 3.8) is 0 Å². The van der Waals surface area contributed by atoms with Crippen LogP contribution in [0.25, 0.3) is 0 Å². The summed E-state index contributed by atoms with van der Waals surface area (Å²) in [5.74, 6) is 0.0875. The summed E-state index contributed by atoms with van der Waals surface area (Å²) in [5, 5.41) is 0. The van der Waals surface area contributed by atoms with Gasteiger partial charge in [-0.2, -0.15) is 0 Å². The third-order valence-electron chi connectivity index (χ3n) is 2.04. The van der Waals surface area contributed by atoms with Gasteiger partial charge in [0.1, 0.15) is 0 Å². The van der Waals surface area contributed by atoms with E-state index in [1.54, 1.807) is 12.2 Å². The molecule has 0 spiro atoms. The Kier molecular flexibility index (Phi) is 3.48. The zero-order valence-electron chi connectivity index (χ0n) is 8.49. The van der Waals surface area contributed by atoms with Crippen LogP contribution in [0.5, 0.6) is 0 Å². The average Bonchev–Trinajstić information content (AvgIpc) is 2.03. The summed E-state index contributed by atoms with van der Waals surface area (Å²) in [7, 11) is 0. The number of morpholine rings is 1. The Morgan fingerprint density at radius 3 is 2.38 bits per heavy atom. The highest BCUT2D eigenvalue weighted by Gasteiger charge is 2.24. The van der Waals surface area contributed by atoms with Crippen molar-refractivity contribution in [1.29, 1.82) is 0 Å². The molecule has 0 unspecified atom stereocenters. The summed E-state index contributed by atoms with van der Waals surface area (Å²) in [6.07, 6.45) is 3.67. The van der Waals surface area contributed by atoms with Crippen LogP contribution >= 0.6 is 0 Å². The van der Waals surface area contributed by atoms with Crippen LogP contribution < -0.4 is 0 Å². The van der Waals surface area contributed by atoms with Crippen molar-refractivity contribution >= 4 is 5.91 Å². The smallest absolute Gasteiger partial charge is 0.246 e. The second-order valence-corrected chi connectivity index (χ2v) is 3.50. The lowest BCUT2D eigenvalue weighted by Gasteiger charge is -2.34. The first kappa shape index (κ1) is 10.3. The van der Waals surface area contributed by atoms with Crippen LogP contribution in [0.15, 0.2) is 12.2 Å². The maximum absolute atomic E-state index is 11.5. The molecular formula is C10H17NO2. The fraction of sp³-hybridized carbons (Fsp3) is 0.700. The van der Waals surface area contributed by atoms with E-state index in [0.717, 1.165) is 0 Å². The zero-order chi connectivity index (χ0) is 9.84. The quantitative estimate of drug-likeness (QED) is 0.572. The maximum Gasteiger partial charge on any atom is 0.246 e. The van der Waals surface area contributed by atoms with Crippen molar-refractivity contribution < 1.29 is 9.53 Å². The molecule has 0 radical (unpaired) electrons. The highest BCUT2D eigenvalue weighted by atomic mass is 16.5. The molecule has 1 saturated heterocycles. The molecule has 1 rings (SSSR count). The summed E-state index contributed by atoms with van der Waals surface area (Å²) < 4.78 is 5.53. The number of allylic oxidation sites excluding steroid dienone is 1. The molecule has 1 aliphatic rings. The zero-order valence-corrected chi connectivity index (χ0v) is 8.49. The van der Waals surface area contributed by atoms with Gasteiger partial charge in [0.15, 0.2) is 0 Å². The molecule has 74 valence electrons. The van der Waals surface area contributed by atoms with Crippen LogP contribution in [0.2, 0.25) is 0 Å². The Hall–Kier alpha value is -0.830. The molecule has 2 atom stereocenters. The number of hydrogen-bond donors (Lipinski definition) is 0. The molecule has 0 aliphatic carbocycles. The largest absolute Gasteiger partial charge is 0.372 e. The summed E-state index contributed by atoms with van der Waals surface area (Å²) in [6, 6.07) is 0. The average molecular weight is 183 g/mol. The number of rotatable bonds is 1. The third kappa shape index (κ3) is 2.84. The van der Waals surface area contributed by atoms with Crippen molar-refractivity contribution in [1.82, 2.24) is 4.90 Å². The van der Waals surface area contributed by atoms with Gasteiger partial charge in [-0.3, -0.25) is 4.79 Å². The third-order valence-corrected chi connectivity index (χ3v) is 2.04. The molecule has 0 aromatic carbocycles. The second-order valence-electron chi connectivity index (χ2n) is 3.50. The predicted octanol–water partition coefficient (Wildman–Crippen LogP) is 1.20. The minimum Gasteiger partial charge on any atom is -0.372 e. The van der Waals surface area contributed by atoms with Gasteiger partial charge in [-0.1, -0.05) is 6.08 Å². The minimum atomic E-state index is 0.0875. The lowest BCUT2D eigenvalue weighted by Crippen LogP contribution is -2.47. The molecule has 0 saturated carbocycles. The molecule has 0 aromatic heterocycles. The highest BCUT2D eigenvalue weighted by Crippen LogP contribution is 2.10. The van der Waals surface area contributed by atoms with E-state index in [9.17, 15) is 4.79 Å². The fourth-order valence-electron chi connectivity index (χ4n) is 1.61. The SMILES string of the molecule is C/C=C/C(=O)N1C[C@@H](C)O[C@@H](C)C1. The lowest BCUT2D eigenvalue weighted by molar-refractivity contribution is -0.138. The molecule has 1 fully saturated rings. The number of ether oxygens (including phenoxy) is 1. The standard InChI is InChI=1S/C10H17NO2/c1-4-5-10(12)11-6-8(2)13-9(3)7-11/h4-5,8-9H,6-7H2,1-3H3/b5-4+/t8-,9+. The number of nitrogens with zero attached hydrogens (tertiary/aromatic N) is 1. The van der Waals surface area contributed by atoms with Crippen LogP contribution in [-0.4, -0.2) is 36.1 Å². The van der Waals surface area contributed by atoms with Crippen molar-refractivity contribution in [2.75, 3.05) is 13.1 Å². The van der Waals surface area contributed by atoms with Crippen LogP contribution in [0.1, 0.15) is 20.8 Å². The van der Waals surface area contributed by atoms with Gasteiger partial charge in [0.05, 0.1) is 12.2 Å². The lowest BCUT2D eigenvalue weighted by atomic mass is 10.2. The maximum atomic E-state index is 11.5. The topological polar surface area (TPSA) is 29.5 Å². The summed E-state index contributed by atoms with van der Waals surface area (Å²) in [5.41, 5.74) is 0. The molecule has 1 aliphatic heterocycles. The van der Waals surface area contributed by atoms with Gasteiger partial charge in [0.25, 0.3) is 0 Å². The van der Waals surface area contributed by atoms with Gasteiger partial charge >= 0.3 is 0 Å². The van der Waals surface area contributed by atoms with Crippen molar-refractivity contribution in [3.05, 3.63) is 12.2 Å². The number of carbonyl (C=O) groups is 1. The van der Waals surface area contributed by atoms with Crippen LogP contribution in [0.3, 0.4) is 0 Å². The molecule has 3 heteroatoms. The van der Waals surface area contributed by atoms with E-state index in [-0.39, 0.29) is 18.1 Å². The first-order valence-corrected chi connectivity index (χ1v) is 4.70. The van der Waals surface area contributed by atoms with Gasteiger partial charge in [-0.15, -0.1) is 0 Å². The number of hydrogen-bond acceptors (Lipinski definition) is 2. The summed E-state index contributed by atoms with van der Waals surface area (Å²) in [6.45, 7) is 7.24. The number of amides is 1. The number of carbonyl (C=O) groups excluding carboxylic acids is 1. The van der Waals surface area contributed by atoms with E-state index in [0.29, 0.717) is 13.1 Å². The Morgan fingerprint density at radius 1 is 1.38 bits per heavy atom. The van der Waals surface area contributed by atoms with Gasteiger partial charge < -0.3 is 9.64 Å². The van der Waals surface area contributed by atoms with Gasteiger partial charge in [-0.05, 0) is 26.8 Å². The van der Waals surface area contributed by atoms with E-state index in [1.807, 2.05) is 25.7 Å². The fourth-order valence-corrected chi connectivity index (χ4v) is 1.61. The van der Waals surface area contributed by atoms with Gasteiger partial charge in [-0.25, -0.2) is 0 Å². The molecule has 0 bridgehead atoms. The Balaban J connectivity index is 2.54. The minimum absolute atomic E-state index is 0.0875. The van der Waals surface area contributed by atoms with E-state index < -0.39 is 0 Å². The molecule has 13 heavy (non-hydrogen) atoms. The molecule has 1 amide bonds. The molecule has 1 heterocycles. The first-order valence-electron chi connectivity index (χ1n) is 4.70. The van der Waals surface area contributed by atoms with Crippen molar-refractivity contribution in [2.24, 2.45) is 0 Å². The van der Waals surface area contributed by atoms with Gasteiger partial charge in [0.2, 0.25) is 5.91 Å². The van der Waals surface area contributed by atoms with Crippen molar-refractivity contribution in [3.8, 4) is 0 Å². The molecular weight excluding hydrogens is 166 g/mol. The Morgan fingerprint density at radius 2 is 1.92 bits per heavy atom. The Bertz CT molecular complexity index is 203.